The van der Waals surface area contributed by atoms with E-state index in [9.17, 15) is 4.79 Å². The van der Waals surface area contributed by atoms with Gasteiger partial charge in [-0.05, 0) is 37.0 Å². The Bertz CT molecular complexity index is 679. The molecule has 1 N–H and O–H groups in total. The number of benzene rings is 1. The number of aromatic nitrogens is 2. The van der Waals surface area contributed by atoms with E-state index in [4.69, 9.17) is 14.0 Å². The minimum atomic E-state index is -0.342. The highest BCUT2D eigenvalue weighted by atomic mass is 16.5. The standard InChI is InChI=1S/C15H17N3O4/c1-20-11-6-5-10(7-12(11)21-2)13-17-15(22-18-13)14(19)16-8-9-3-4-9/h5-7,9H,3-4,8H2,1-2H3,(H,16,19). The molecule has 0 radical (unpaired) electrons. The summed E-state index contributed by atoms with van der Waals surface area (Å²) in [6.45, 7) is 0.660. The summed E-state index contributed by atoms with van der Waals surface area (Å²) in [6.07, 6.45) is 2.34. The van der Waals surface area contributed by atoms with Crippen LogP contribution in [0.5, 0.6) is 11.5 Å². The maximum atomic E-state index is 11.9. The Labute approximate surface area is 127 Å². The number of rotatable bonds is 6. The summed E-state index contributed by atoms with van der Waals surface area (Å²) in [7, 11) is 3.11. The van der Waals surface area contributed by atoms with Gasteiger partial charge in [-0.25, -0.2) is 0 Å². The lowest BCUT2D eigenvalue weighted by atomic mass is 10.2. The molecule has 2 aromatic rings. The molecule has 1 saturated carbocycles. The largest absolute Gasteiger partial charge is 0.493 e. The van der Waals surface area contributed by atoms with Gasteiger partial charge < -0.3 is 19.3 Å². The summed E-state index contributed by atoms with van der Waals surface area (Å²) in [5.41, 5.74) is 0.683. The minimum Gasteiger partial charge on any atom is -0.493 e. The summed E-state index contributed by atoms with van der Waals surface area (Å²) in [6, 6.07) is 5.25. The molecule has 0 unspecified atom stereocenters. The first-order valence-corrected chi connectivity index (χ1v) is 7.05. The molecular formula is C15H17N3O4. The van der Waals surface area contributed by atoms with Crippen LogP contribution in [-0.4, -0.2) is 36.8 Å². The van der Waals surface area contributed by atoms with Gasteiger partial charge in [0, 0.05) is 12.1 Å². The second kappa shape index (κ2) is 6.05. The molecule has 22 heavy (non-hydrogen) atoms. The molecule has 1 aromatic carbocycles. The van der Waals surface area contributed by atoms with E-state index in [1.54, 1.807) is 32.4 Å². The molecule has 116 valence electrons. The highest BCUT2D eigenvalue weighted by Gasteiger charge is 2.23. The summed E-state index contributed by atoms with van der Waals surface area (Å²) in [5, 5.41) is 6.62. The van der Waals surface area contributed by atoms with Crippen LogP contribution < -0.4 is 14.8 Å². The molecule has 0 bridgehead atoms. The Balaban J connectivity index is 1.76. The summed E-state index contributed by atoms with van der Waals surface area (Å²) in [5.74, 6) is 1.72. The molecule has 1 fully saturated rings. The molecular weight excluding hydrogens is 286 g/mol. The van der Waals surface area contributed by atoms with Crippen molar-refractivity contribution in [3.8, 4) is 22.9 Å². The number of hydrogen-bond donors (Lipinski definition) is 1. The quantitative estimate of drug-likeness (QED) is 0.877. The van der Waals surface area contributed by atoms with Crippen LogP contribution in [0.3, 0.4) is 0 Å². The van der Waals surface area contributed by atoms with E-state index in [2.05, 4.69) is 15.5 Å². The van der Waals surface area contributed by atoms with E-state index in [-0.39, 0.29) is 11.8 Å². The summed E-state index contributed by atoms with van der Waals surface area (Å²) >= 11 is 0. The molecule has 1 amide bonds. The minimum absolute atomic E-state index is 0.0366. The van der Waals surface area contributed by atoms with Gasteiger partial charge in [0.05, 0.1) is 14.2 Å². The van der Waals surface area contributed by atoms with Crippen molar-refractivity contribution < 1.29 is 18.8 Å². The highest BCUT2D eigenvalue weighted by Crippen LogP contribution is 2.31. The highest BCUT2D eigenvalue weighted by molar-refractivity contribution is 5.89. The molecule has 7 heteroatoms. The van der Waals surface area contributed by atoms with E-state index < -0.39 is 0 Å². The number of ether oxygens (including phenoxy) is 2. The summed E-state index contributed by atoms with van der Waals surface area (Å²) < 4.78 is 15.4. The van der Waals surface area contributed by atoms with Gasteiger partial charge in [-0.3, -0.25) is 4.79 Å². The predicted octanol–water partition coefficient (Wildman–Crippen LogP) is 1.89. The Morgan fingerprint density at radius 1 is 1.32 bits per heavy atom. The average Bonchev–Trinajstić information content (AvgIpc) is 3.25. The Kier molecular flexibility index (Phi) is 3.95. The van der Waals surface area contributed by atoms with Gasteiger partial charge in [-0.2, -0.15) is 4.98 Å². The van der Waals surface area contributed by atoms with Crippen LogP contribution in [0.15, 0.2) is 22.7 Å². The van der Waals surface area contributed by atoms with Crippen molar-refractivity contribution >= 4 is 5.91 Å². The number of nitrogens with one attached hydrogen (secondary N) is 1. The van der Waals surface area contributed by atoms with Crippen LogP contribution in [0.2, 0.25) is 0 Å². The van der Waals surface area contributed by atoms with Crippen LogP contribution in [0.1, 0.15) is 23.5 Å². The smallest absolute Gasteiger partial charge is 0.316 e. The van der Waals surface area contributed by atoms with Gasteiger partial charge in [-0.15, -0.1) is 0 Å². The Hall–Kier alpha value is -2.57. The van der Waals surface area contributed by atoms with Crippen LogP contribution in [0.25, 0.3) is 11.4 Å². The maximum Gasteiger partial charge on any atom is 0.316 e. The number of carbonyl (C=O) groups is 1. The fourth-order valence-electron chi connectivity index (χ4n) is 2.04. The first kappa shape index (κ1) is 14.4. The number of carbonyl (C=O) groups excluding carboxylic acids is 1. The molecule has 1 aliphatic carbocycles. The summed E-state index contributed by atoms with van der Waals surface area (Å²) in [4.78, 5) is 16.0. The van der Waals surface area contributed by atoms with E-state index in [1.807, 2.05) is 0 Å². The van der Waals surface area contributed by atoms with Crippen molar-refractivity contribution in [3.63, 3.8) is 0 Å². The van der Waals surface area contributed by atoms with Crippen LogP contribution >= 0.6 is 0 Å². The van der Waals surface area contributed by atoms with Gasteiger partial charge >= 0.3 is 11.8 Å². The monoisotopic (exact) mass is 303 g/mol. The molecule has 0 spiro atoms. The van der Waals surface area contributed by atoms with Crippen molar-refractivity contribution in [1.29, 1.82) is 0 Å². The molecule has 1 aliphatic rings. The zero-order chi connectivity index (χ0) is 15.5. The predicted molar refractivity (Wildman–Crippen MR) is 77.9 cm³/mol. The number of hydrogen-bond acceptors (Lipinski definition) is 6. The van der Waals surface area contributed by atoms with Crippen molar-refractivity contribution in [1.82, 2.24) is 15.5 Å². The first-order valence-electron chi connectivity index (χ1n) is 7.05. The van der Waals surface area contributed by atoms with E-state index in [0.29, 0.717) is 35.3 Å². The fourth-order valence-corrected chi connectivity index (χ4v) is 2.04. The lowest BCUT2D eigenvalue weighted by molar-refractivity contribution is 0.0908. The van der Waals surface area contributed by atoms with Gasteiger partial charge in [0.2, 0.25) is 5.82 Å². The van der Waals surface area contributed by atoms with Crippen LogP contribution in [-0.2, 0) is 0 Å². The van der Waals surface area contributed by atoms with Crippen molar-refractivity contribution in [2.45, 2.75) is 12.8 Å². The first-order chi connectivity index (χ1) is 10.7. The van der Waals surface area contributed by atoms with E-state index in [1.165, 1.54) is 12.8 Å². The van der Waals surface area contributed by atoms with Crippen LogP contribution in [0.4, 0.5) is 0 Å². The molecule has 0 aliphatic heterocycles. The number of methoxy groups -OCH3 is 2. The topological polar surface area (TPSA) is 86.5 Å². The van der Waals surface area contributed by atoms with E-state index in [0.717, 1.165) is 0 Å². The molecule has 0 saturated heterocycles. The van der Waals surface area contributed by atoms with Gasteiger partial charge in [0.1, 0.15) is 0 Å². The average molecular weight is 303 g/mol. The zero-order valence-corrected chi connectivity index (χ0v) is 12.5. The second-order valence-corrected chi connectivity index (χ2v) is 5.15. The van der Waals surface area contributed by atoms with Crippen molar-refractivity contribution in [2.24, 2.45) is 5.92 Å². The second-order valence-electron chi connectivity index (χ2n) is 5.15. The number of nitrogens with zero attached hydrogens (tertiary/aromatic N) is 2. The zero-order valence-electron chi connectivity index (χ0n) is 12.5. The Morgan fingerprint density at radius 3 is 2.77 bits per heavy atom. The van der Waals surface area contributed by atoms with Gasteiger partial charge in [0.15, 0.2) is 11.5 Å². The van der Waals surface area contributed by atoms with Crippen LogP contribution in [0, 0.1) is 5.92 Å². The van der Waals surface area contributed by atoms with E-state index >= 15 is 0 Å². The molecule has 0 atom stereocenters. The fraction of sp³-hybridized carbons (Fsp3) is 0.400. The molecule has 1 aromatic heterocycles. The third kappa shape index (κ3) is 3.03. The van der Waals surface area contributed by atoms with Crippen molar-refractivity contribution in [2.75, 3.05) is 20.8 Å². The molecule has 3 rings (SSSR count). The Morgan fingerprint density at radius 2 is 2.09 bits per heavy atom. The SMILES string of the molecule is COc1ccc(-c2noc(C(=O)NCC3CC3)n2)cc1OC. The third-order valence-corrected chi connectivity index (χ3v) is 3.51. The lowest BCUT2D eigenvalue weighted by Crippen LogP contribution is -2.25. The van der Waals surface area contributed by atoms with Gasteiger partial charge in [-0.1, -0.05) is 5.16 Å². The van der Waals surface area contributed by atoms with Gasteiger partial charge in [0.25, 0.3) is 0 Å². The molecule has 7 nitrogen and oxygen atoms in total. The lowest BCUT2D eigenvalue weighted by Gasteiger charge is -2.07. The number of amides is 1. The third-order valence-electron chi connectivity index (χ3n) is 3.51. The normalized spacial score (nSPS) is 13.7. The van der Waals surface area contributed by atoms with Crippen molar-refractivity contribution in [3.05, 3.63) is 24.1 Å². The maximum absolute atomic E-state index is 11.9. The molecule has 1 heterocycles.